The predicted octanol–water partition coefficient (Wildman–Crippen LogP) is 3.97. The van der Waals surface area contributed by atoms with Crippen LogP contribution in [0.1, 0.15) is 5.56 Å². The topological polar surface area (TPSA) is 58.0 Å². The van der Waals surface area contributed by atoms with Crippen LogP contribution in [0, 0.1) is 0 Å². The van der Waals surface area contributed by atoms with Crippen LogP contribution in [-0.4, -0.2) is 12.6 Å². The number of hydrogen-bond acceptors (Lipinski definition) is 2. The third-order valence-corrected chi connectivity index (χ3v) is 3.29. The number of azide groups is 1. The minimum atomic E-state index is -0.0456. The van der Waals surface area contributed by atoms with Crippen molar-refractivity contribution < 1.29 is 4.74 Å². The summed E-state index contributed by atoms with van der Waals surface area (Å²) < 4.78 is 5.81. The number of rotatable bonds is 3. The Kier molecular flexibility index (Phi) is 3.09. The Morgan fingerprint density at radius 2 is 2.00 bits per heavy atom. The fourth-order valence-electron chi connectivity index (χ4n) is 2.45. The Morgan fingerprint density at radius 3 is 2.79 bits per heavy atom. The summed E-state index contributed by atoms with van der Waals surface area (Å²) in [6, 6.07) is 16.3. The number of ether oxygens (including phenoxy) is 1. The van der Waals surface area contributed by atoms with Crippen LogP contribution in [0.15, 0.2) is 53.6 Å². The van der Waals surface area contributed by atoms with Crippen molar-refractivity contribution in [2.24, 2.45) is 5.11 Å². The van der Waals surface area contributed by atoms with E-state index in [1.165, 1.54) is 16.7 Å². The molecule has 0 saturated carbocycles. The second-order valence-corrected chi connectivity index (χ2v) is 4.51. The van der Waals surface area contributed by atoms with E-state index in [9.17, 15) is 0 Å². The van der Waals surface area contributed by atoms with Crippen LogP contribution in [0.4, 0.5) is 0 Å². The van der Waals surface area contributed by atoms with E-state index < -0.39 is 0 Å². The highest BCUT2D eigenvalue weighted by atomic mass is 16.5. The largest absolute Gasteiger partial charge is 0.490 e. The van der Waals surface area contributed by atoms with Crippen molar-refractivity contribution in [1.82, 2.24) is 0 Å². The summed E-state index contributed by atoms with van der Waals surface area (Å²) in [5, 5.41) is 3.59. The van der Waals surface area contributed by atoms with Gasteiger partial charge in [0.25, 0.3) is 0 Å². The summed E-state index contributed by atoms with van der Waals surface area (Å²) in [6.07, 6.45) is 0.746. The molecule has 2 aromatic rings. The monoisotopic (exact) mass is 251 g/mol. The Balaban J connectivity index is 1.95. The maximum absolute atomic E-state index is 8.38. The molecule has 2 aromatic carbocycles. The molecule has 0 amide bonds. The van der Waals surface area contributed by atoms with Crippen LogP contribution < -0.4 is 4.74 Å². The normalized spacial score (nSPS) is 16.3. The lowest BCUT2D eigenvalue weighted by Gasteiger charge is -2.06. The minimum absolute atomic E-state index is 0.0456. The smallest absolute Gasteiger partial charge is 0.123 e. The molecule has 3 rings (SSSR count). The second kappa shape index (κ2) is 5.04. The maximum Gasteiger partial charge on any atom is 0.123 e. The fourth-order valence-corrected chi connectivity index (χ4v) is 2.45. The maximum atomic E-state index is 8.38. The fraction of sp³-hybridized carbons (Fsp3) is 0.200. The molecule has 19 heavy (non-hydrogen) atoms. The van der Waals surface area contributed by atoms with Gasteiger partial charge in [-0.15, -0.1) is 0 Å². The summed E-state index contributed by atoms with van der Waals surface area (Å²) in [6.45, 7) is 0.374. The van der Waals surface area contributed by atoms with Gasteiger partial charge in [0.2, 0.25) is 0 Å². The molecule has 0 aromatic heterocycles. The first-order chi connectivity index (χ1) is 9.38. The molecule has 1 aliphatic rings. The van der Waals surface area contributed by atoms with E-state index in [0.29, 0.717) is 6.54 Å². The average Bonchev–Trinajstić information content (AvgIpc) is 2.88. The molecule has 1 unspecified atom stereocenters. The van der Waals surface area contributed by atoms with Gasteiger partial charge >= 0.3 is 0 Å². The lowest BCUT2D eigenvalue weighted by molar-refractivity contribution is 0.241. The van der Waals surface area contributed by atoms with Crippen molar-refractivity contribution in [1.29, 1.82) is 0 Å². The van der Waals surface area contributed by atoms with Crippen molar-refractivity contribution in [3.05, 3.63) is 64.5 Å². The van der Waals surface area contributed by atoms with E-state index in [4.69, 9.17) is 10.3 Å². The molecule has 0 spiro atoms. The molecule has 0 radical (unpaired) electrons. The van der Waals surface area contributed by atoms with Gasteiger partial charge < -0.3 is 4.74 Å². The molecule has 0 bridgehead atoms. The zero-order valence-corrected chi connectivity index (χ0v) is 10.4. The highest BCUT2D eigenvalue weighted by Crippen LogP contribution is 2.36. The van der Waals surface area contributed by atoms with Gasteiger partial charge in [0, 0.05) is 16.9 Å². The molecule has 4 heteroatoms. The van der Waals surface area contributed by atoms with Crippen LogP contribution in [-0.2, 0) is 6.42 Å². The van der Waals surface area contributed by atoms with Gasteiger partial charge in [-0.25, -0.2) is 0 Å². The van der Waals surface area contributed by atoms with Gasteiger partial charge in [0.15, 0.2) is 0 Å². The van der Waals surface area contributed by atoms with E-state index in [1.54, 1.807) is 0 Å². The zero-order valence-electron chi connectivity index (χ0n) is 10.4. The van der Waals surface area contributed by atoms with Gasteiger partial charge in [-0.05, 0) is 22.7 Å². The van der Waals surface area contributed by atoms with Gasteiger partial charge in [0.1, 0.15) is 11.9 Å². The zero-order chi connectivity index (χ0) is 13.1. The molecular weight excluding hydrogens is 238 g/mol. The SMILES string of the molecule is [N-]=[N+]=NCC1Cc2c(cccc2-c2ccccc2)O1. The van der Waals surface area contributed by atoms with Crippen molar-refractivity contribution in [3.8, 4) is 16.9 Å². The number of fused-ring (bicyclic) bond motifs is 1. The number of benzene rings is 2. The average molecular weight is 251 g/mol. The number of hydrogen-bond donors (Lipinski definition) is 0. The Labute approximate surface area is 111 Å². The Hall–Kier alpha value is -2.45. The first kappa shape index (κ1) is 11.6. The van der Waals surface area contributed by atoms with Crippen molar-refractivity contribution in [2.45, 2.75) is 12.5 Å². The van der Waals surface area contributed by atoms with E-state index in [1.807, 2.05) is 30.3 Å². The molecule has 4 nitrogen and oxygen atoms in total. The summed E-state index contributed by atoms with van der Waals surface area (Å²) in [5.41, 5.74) is 12.0. The molecule has 0 fully saturated rings. The van der Waals surface area contributed by atoms with Crippen molar-refractivity contribution in [3.63, 3.8) is 0 Å². The van der Waals surface area contributed by atoms with Gasteiger partial charge in [0.05, 0.1) is 6.54 Å². The Bertz CT molecular complexity index is 633. The minimum Gasteiger partial charge on any atom is -0.490 e. The van der Waals surface area contributed by atoms with Crippen molar-refractivity contribution in [2.75, 3.05) is 6.54 Å². The summed E-state index contributed by atoms with van der Waals surface area (Å²) in [4.78, 5) is 2.79. The third kappa shape index (κ3) is 2.26. The van der Waals surface area contributed by atoms with Crippen LogP contribution in [0.3, 0.4) is 0 Å². The van der Waals surface area contributed by atoms with Gasteiger partial charge in [-0.2, -0.15) is 0 Å². The summed E-state index contributed by atoms with van der Waals surface area (Å²) >= 11 is 0. The van der Waals surface area contributed by atoms with Gasteiger partial charge in [-0.1, -0.05) is 47.6 Å². The summed E-state index contributed by atoms with van der Waals surface area (Å²) in [7, 11) is 0. The van der Waals surface area contributed by atoms with Crippen molar-refractivity contribution >= 4 is 0 Å². The first-order valence-electron chi connectivity index (χ1n) is 6.23. The van der Waals surface area contributed by atoms with Crippen LogP contribution >= 0.6 is 0 Å². The highest BCUT2D eigenvalue weighted by molar-refractivity contribution is 5.70. The van der Waals surface area contributed by atoms with E-state index in [2.05, 4.69) is 28.2 Å². The molecular formula is C15H13N3O. The van der Waals surface area contributed by atoms with Gasteiger partial charge in [-0.3, -0.25) is 0 Å². The third-order valence-electron chi connectivity index (χ3n) is 3.29. The lowest BCUT2D eigenvalue weighted by Crippen LogP contribution is -2.16. The summed E-state index contributed by atoms with van der Waals surface area (Å²) in [5.74, 6) is 0.902. The van der Waals surface area contributed by atoms with E-state index in [-0.39, 0.29) is 6.10 Å². The predicted molar refractivity (Wildman–Crippen MR) is 74.0 cm³/mol. The number of nitrogens with zero attached hydrogens (tertiary/aromatic N) is 3. The molecule has 0 aliphatic carbocycles. The van der Waals surface area contributed by atoms with Crippen LogP contribution in [0.25, 0.3) is 21.6 Å². The molecule has 1 aliphatic heterocycles. The Morgan fingerprint density at radius 1 is 1.16 bits per heavy atom. The molecule has 1 atom stereocenters. The molecule has 94 valence electrons. The van der Waals surface area contributed by atoms with Crippen LogP contribution in [0.2, 0.25) is 0 Å². The standard InChI is InChI=1S/C15H13N3O/c16-18-17-10-12-9-14-13(7-4-8-15(14)19-12)11-5-2-1-3-6-11/h1-8,12H,9-10H2. The molecule has 0 saturated heterocycles. The van der Waals surface area contributed by atoms with E-state index in [0.717, 1.165) is 12.2 Å². The van der Waals surface area contributed by atoms with Crippen LogP contribution in [0.5, 0.6) is 5.75 Å². The lowest BCUT2D eigenvalue weighted by atomic mass is 9.97. The first-order valence-corrected chi connectivity index (χ1v) is 6.23. The quantitative estimate of drug-likeness (QED) is 0.462. The molecule has 1 heterocycles. The second-order valence-electron chi connectivity index (χ2n) is 4.51. The molecule has 0 N–H and O–H groups in total. The highest BCUT2D eigenvalue weighted by Gasteiger charge is 2.24. The van der Waals surface area contributed by atoms with E-state index >= 15 is 0 Å².